The molecule has 1 aliphatic rings. The molecule has 0 spiro atoms. The average molecular weight is 506 g/mol. The van der Waals surface area contributed by atoms with Gasteiger partial charge in [0.25, 0.3) is 5.91 Å². The highest BCUT2D eigenvalue weighted by Gasteiger charge is 2.22. The molecule has 8 heteroatoms. The number of benzene rings is 2. The highest BCUT2D eigenvalue weighted by atomic mass is 35.5. The smallest absolute Gasteiger partial charge is 0.263 e. The maximum absolute atomic E-state index is 11.9. The van der Waals surface area contributed by atoms with Gasteiger partial charge in [-0.25, -0.2) is 0 Å². The van der Waals surface area contributed by atoms with Crippen LogP contribution in [-0.4, -0.2) is 30.0 Å². The Morgan fingerprint density at radius 2 is 1.88 bits per heavy atom. The molecule has 0 unspecified atom stereocenters. The fourth-order valence-corrected chi connectivity index (χ4v) is 4.62. The van der Waals surface area contributed by atoms with E-state index in [2.05, 4.69) is 44.3 Å². The van der Waals surface area contributed by atoms with Crippen LogP contribution in [0.5, 0.6) is 17.2 Å². The maximum Gasteiger partial charge on any atom is 0.263 e. The van der Waals surface area contributed by atoms with E-state index in [-0.39, 0.29) is 5.91 Å². The summed E-state index contributed by atoms with van der Waals surface area (Å²) >= 11 is 12.8. The monoisotopic (exact) mass is 505 g/mol. The summed E-state index contributed by atoms with van der Waals surface area (Å²) in [6, 6.07) is 9.86. The third-order valence-corrected chi connectivity index (χ3v) is 6.30. The van der Waals surface area contributed by atoms with Crippen molar-refractivity contribution in [2.45, 2.75) is 40.0 Å². The number of nitrogens with one attached hydrogen (secondary N) is 1. The van der Waals surface area contributed by atoms with Crippen LogP contribution in [0.15, 0.2) is 35.2 Å². The number of carbonyl (C=O) groups excluding carboxylic acids is 1. The van der Waals surface area contributed by atoms with Gasteiger partial charge in [0.1, 0.15) is 10.1 Å². The minimum absolute atomic E-state index is 0.214. The Bertz CT molecular complexity index is 1070. The van der Waals surface area contributed by atoms with Gasteiger partial charge in [0.2, 0.25) is 0 Å². The molecule has 0 aromatic heterocycles. The topological polar surface area (TPSA) is 56.8 Å². The molecule has 2 aromatic carbocycles. The lowest BCUT2D eigenvalue weighted by atomic mass is 10.0. The molecule has 0 saturated carbocycles. The third kappa shape index (κ3) is 6.88. The molecule has 33 heavy (non-hydrogen) atoms. The first-order valence-electron chi connectivity index (χ1n) is 10.9. The zero-order chi connectivity index (χ0) is 24.0. The predicted molar refractivity (Wildman–Crippen MR) is 140 cm³/mol. The Hall–Kier alpha value is -2.22. The number of carbonyl (C=O) groups is 1. The van der Waals surface area contributed by atoms with Gasteiger partial charge >= 0.3 is 0 Å². The third-order valence-electron chi connectivity index (χ3n) is 4.86. The largest absolute Gasteiger partial charge is 0.493 e. The zero-order valence-corrected chi connectivity index (χ0v) is 21.6. The number of thiocarbonyl (C=S) groups is 1. The van der Waals surface area contributed by atoms with E-state index in [1.807, 2.05) is 13.0 Å². The van der Waals surface area contributed by atoms with E-state index >= 15 is 0 Å². The molecule has 1 N–H and O–H groups in total. The highest BCUT2D eigenvalue weighted by Crippen LogP contribution is 2.38. The number of rotatable bonds is 10. The summed E-state index contributed by atoms with van der Waals surface area (Å²) in [6.45, 7) is 9.68. The number of thioether (sulfide) groups is 1. The van der Waals surface area contributed by atoms with Crippen LogP contribution in [0.1, 0.15) is 49.8 Å². The SMILES string of the molecule is CCOc1cc(C=C2SC(=S)NC2=O)cc(Cl)c1OCCCOc1cc(C)ccc1C(C)C. The molecule has 1 fully saturated rings. The molecule has 5 nitrogen and oxygen atoms in total. The second kappa shape index (κ2) is 11.8. The van der Waals surface area contributed by atoms with Gasteiger partial charge in [-0.3, -0.25) is 4.79 Å². The van der Waals surface area contributed by atoms with Crippen molar-refractivity contribution in [2.75, 3.05) is 19.8 Å². The van der Waals surface area contributed by atoms with Crippen LogP contribution in [0.4, 0.5) is 0 Å². The Balaban J connectivity index is 1.64. The molecule has 0 radical (unpaired) electrons. The van der Waals surface area contributed by atoms with Crippen LogP contribution >= 0.6 is 35.6 Å². The van der Waals surface area contributed by atoms with E-state index in [1.54, 1.807) is 12.1 Å². The normalized spacial score (nSPS) is 14.7. The summed E-state index contributed by atoms with van der Waals surface area (Å²) in [5.74, 6) is 2.11. The van der Waals surface area contributed by atoms with Crippen molar-refractivity contribution in [1.29, 1.82) is 0 Å². The van der Waals surface area contributed by atoms with Gasteiger partial charge in [0.15, 0.2) is 11.5 Å². The number of aryl methyl sites for hydroxylation is 1. The van der Waals surface area contributed by atoms with Crippen molar-refractivity contribution in [1.82, 2.24) is 5.32 Å². The number of amides is 1. The van der Waals surface area contributed by atoms with E-state index in [1.165, 1.54) is 22.9 Å². The first kappa shape index (κ1) is 25.4. The summed E-state index contributed by atoms with van der Waals surface area (Å²) in [7, 11) is 0. The molecule has 176 valence electrons. The zero-order valence-electron chi connectivity index (χ0n) is 19.2. The van der Waals surface area contributed by atoms with Crippen LogP contribution in [0.3, 0.4) is 0 Å². The second-order valence-electron chi connectivity index (χ2n) is 7.86. The van der Waals surface area contributed by atoms with Crippen LogP contribution in [0, 0.1) is 6.92 Å². The summed E-state index contributed by atoms with van der Waals surface area (Å²) in [6.07, 6.45) is 2.42. The minimum atomic E-state index is -0.214. The van der Waals surface area contributed by atoms with E-state index in [0.29, 0.717) is 57.9 Å². The van der Waals surface area contributed by atoms with Crippen molar-refractivity contribution in [3.63, 3.8) is 0 Å². The van der Waals surface area contributed by atoms with E-state index in [0.717, 1.165) is 11.3 Å². The van der Waals surface area contributed by atoms with Gasteiger partial charge in [0, 0.05) is 6.42 Å². The molecule has 1 aliphatic heterocycles. The fraction of sp³-hybridized carbons (Fsp3) is 0.360. The predicted octanol–water partition coefficient (Wildman–Crippen LogP) is 6.51. The first-order chi connectivity index (χ1) is 15.8. The van der Waals surface area contributed by atoms with Crippen molar-refractivity contribution < 1.29 is 19.0 Å². The summed E-state index contributed by atoms with van der Waals surface area (Å²) in [5, 5.41) is 3.02. The molecule has 0 bridgehead atoms. The Morgan fingerprint density at radius 1 is 1.12 bits per heavy atom. The van der Waals surface area contributed by atoms with Crippen molar-refractivity contribution in [2.24, 2.45) is 0 Å². The molecule has 1 saturated heterocycles. The van der Waals surface area contributed by atoms with Gasteiger partial charge in [-0.2, -0.15) is 0 Å². The summed E-state index contributed by atoms with van der Waals surface area (Å²) in [4.78, 5) is 12.5. The number of halogens is 1. The first-order valence-corrected chi connectivity index (χ1v) is 12.5. The lowest BCUT2D eigenvalue weighted by Gasteiger charge is -2.16. The standard InChI is InChI=1S/C25H28ClNO4S2/c1-5-29-21-13-17(14-22-24(28)27-25(32)33-22)12-19(26)23(21)31-10-6-9-30-20-11-16(4)7-8-18(20)15(2)3/h7-8,11-15H,5-6,9-10H2,1-4H3,(H,27,28,32). The second-order valence-corrected chi connectivity index (χ2v) is 9.99. The molecular formula is C25H28ClNO4S2. The summed E-state index contributed by atoms with van der Waals surface area (Å²) in [5.41, 5.74) is 3.11. The molecular weight excluding hydrogens is 478 g/mol. The summed E-state index contributed by atoms with van der Waals surface area (Å²) < 4.78 is 18.2. The van der Waals surface area contributed by atoms with Gasteiger partial charge in [-0.15, -0.1) is 0 Å². The number of hydrogen-bond donors (Lipinski definition) is 1. The highest BCUT2D eigenvalue weighted by molar-refractivity contribution is 8.26. The molecule has 0 aliphatic carbocycles. The molecule has 3 rings (SSSR count). The molecule has 2 aromatic rings. The van der Waals surface area contributed by atoms with Crippen LogP contribution < -0.4 is 19.5 Å². The lowest BCUT2D eigenvalue weighted by Crippen LogP contribution is -2.17. The number of ether oxygens (including phenoxy) is 3. The van der Waals surface area contributed by atoms with Gasteiger partial charge in [-0.1, -0.05) is 61.6 Å². The molecule has 1 amide bonds. The molecule has 0 atom stereocenters. The van der Waals surface area contributed by atoms with Gasteiger partial charge in [0.05, 0.1) is 29.7 Å². The van der Waals surface area contributed by atoms with Gasteiger partial charge < -0.3 is 19.5 Å². The Labute approximate surface area is 209 Å². The fourth-order valence-electron chi connectivity index (χ4n) is 3.31. The van der Waals surface area contributed by atoms with E-state index in [9.17, 15) is 4.79 Å². The lowest BCUT2D eigenvalue weighted by molar-refractivity contribution is -0.115. The van der Waals surface area contributed by atoms with Crippen molar-refractivity contribution in [3.8, 4) is 17.2 Å². The van der Waals surface area contributed by atoms with Crippen molar-refractivity contribution >= 4 is 51.9 Å². The van der Waals surface area contributed by atoms with Gasteiger partial charge in [-0.05, 0) is 60.7 Å². The Morgan fingerprint density at radius 3 is 2.55 bits per heavy atom. The quantitative estimate of drug-likeness (QED) is 0.226. The minimum Gasteiger partial charge on any atom is -0.493 e. The van der Waals surface area contributed by atoms with E-state index in [4.69, 9.17) is 38.0 Å². The Kier molecular flexibility index (Phi) is 9.06. The average Bonchev–Trinajstić information content (AvgIpc) is 3.06. The van der Waals surface area contributed by atoms with E-state index < -0.39 is 0 Å². The number of hydrogen-bond acceptors (Lipinski definition) is 6. The maximum atomic E-state index is 11.9. The van der Waals surface area contributed by atoms with Crippen LogP contribution in [-0.2, 0) is 4.79 Å². The van der Waals surface area contributed by atoms with Crippen LogP contribution in [0.25, 0.3) is 6.08 Å². The molecule has 1 heterocycles. The van der Waals surface area contributed by atoms with Crippen molar-refractivity contribution in [3.05, 3.63) is 56.9 Å². The van der Waals surface area contributed by atoms with Crippen LogP contribution in [0.2, 0.25) is 5.02 Å².